The molecular weight excluding hydrogens is 394 g/mol. The topological polar surface area (TPSA) is 75.6 Å². The molecule has 0 aliphatic carbocycles. The minimum absolute atomic E-state index is 0.0446. The van der Waals surface area contributed by atoms with E-state index in [1.807, 2.05) is 4.72 Å². The summed E-state index contributed by atoms with van der Waals surface area (Å²) in [6.45, 7) is 0. The van der Waals surface area contributed by atoms with Gasteiger partial charge in [-0.1, -0.05) is 23.2 Å². The Morgan fingerprint density at radius 1 is 1.08 bits per heavy atom. The van der Waals surface area contributed by atoms with Gasteiger partial charge in [0.1, 0.15) is 10.0 Å². The number of methoxy groups -OCH3 is 1. The number of halogens is 5. The first-order valence-corrected chi connectivity index (χ1v) is 8.25. The van der Waals surface area contributed by atoms with Crippen LogP contribution < -0.4 is 9.46 Å². The predicted octanol–water partition coefficient (Wildman–Crippen LogP) is 3.93. The minimum Gasteiger partial charge on any atom is -0.504 e. The molecule has 0 aromatic heterocycles. The largest absolute Gasteiger partial charge is 0.504 e. The lowest BCUT2D eigenvalue weighted by atomic mass is 10.3. The van der Waals surface area contributed by atoms with Crippen LogP contribution in [0.5, 0.6) is 11.5 Å². The lowest BCUT2D eigenvalue weighted by Gasteiger charge is -2.13. The molecule has 130 valence electrons. The van der Waals surface area contributed by atoms with Crippen LogP contribution in [0.1, 0.15) is 0 Å². The lowest BCUT2D eigenvalue weighted by molar-refractivity contribution is 0.373. The molecule has 0 fully saturated rings. The predicted molar refractivity (Wildman–Crippen MR) is 81.8 cm³/mol. The average molecular weight is 402 g/mol. The number of aromatic hydroxyl groups is 1. The molecule has 11 heteroatoms. The van der Waals surface area contributed by atoms with Crippen LogP contribution in [0.15, 0.2) is 23.1 Å². The molecule has 0 spiro atoms. The number of sulfonamides is 1. The molecule has 2 N–H and O–H groups in total. The Kier molecular flexibility index (Phi) is 5.07. The molecule has 2 aromatic rings. The molecule has 0 amide bonds. The van der Waals surface area contributed by atoms with Crippen LogP contribution in [0.2, 0.25) is 10.0 Å². The summed E-state index contributed by atoms with van der Waals surface area (Å²) in [4.78, 5) is -1.55. The smallest absolute Gasteiger partial charge is 0.267 e. The van der Waals surface area contributed by atoms with Crippen LogP contribution in [0.3, 0.4) is 0 Å². The first-order valence-electron chi connectivity index (χ1n) is 6.01. The number of hydrogen-bond donors (Lipinski definition) is 2. The maximum absolute atomic E-state index is 13.9. The van der Waals surface area contributed by atoms with Crippen molar-refractivity contribution in [3.63, 3.8) is 0 Å². The van der Waals surface area contributed by atoms with E-state index in [0.717, 1.165) is 6.07 Å². The highest BCUT2D eigenvalue weighted by atomic mass is 35.5. The van der Waals surface area contributed by atoms with Gasteiger partial charge in [0, 0.05) is 6.07 Å². The maximum atomic E-state index is 13.9. The summed E-state index contributed by atoms with van der Waals surface area (Å²) in [6.07, 6.45) is 0. The number of rotatable bonds is 4. The number of hydrogen-bond acceptors (Lipinski definition) is 4. The van der Waals surface area contributed by atoms with Gasteiger partial charge in [0.15, 0.2) is 33.8 Å². The Hall–Kier alpha value is -1.84. The van der Waals surface area contributed by atoms with Gasteiger partial charge in [0.05, 0.1) is 12.8 Å². The zero-order chi connectivity index (χ0) is 18.2. The zero-order valence-electron chi connectivity index (χ0n) is 11.7. The third-order valence-electron chi connectivity index (χ3n) is 2.87. The number of anilines is 1. The molecule has 2 aromatic carbocycles. The Bertz CT molecular complexity index is 893. The van der Waals surface area contributed by atoms with E-state index in [0.29, 0.717) is 0 Å². The number of phenolic OH excluding ortho intramolecular Hbond substituents is 1. The maximum Gasteiger partial charge on any atom is 0.267 e. The molecule has 0 unspecified atom stereocenters. The molecule has 0 saturated heterocycles. The number of nitrogens with one attached hydrogen (secondary N) is 1. The Morgan fingerprint density at radius 3 is 2.08 bits per heavy atom. The minimum atomic E-state index is -4.86. The summed E-state index contributed by atoms with van der Waals surface area (Å²) in [5.41, 5.74) is -0.233. The van der Waals surface area contributed by atoms with Gasteiger partial charge in [-0.15, -0.1) is 0 Å². The Balaban J connectivity index is 2.55. The van der Waals surface area contributed by atoms with E-state index < -0.39 is 48.2 Å². The zero-order valence-corrected chi connectivity index (χ0v) is 14.0. The fraction of sp³-hybridized carbons (Fsp3) is 0.0769. The highest BCUT2D eigenvalue weighted by Gasteiger charge is 2.32. The summed E-state index contributed by atoms with van der Waals surface area (Å²) < 4.78 is 72.2. The first-order chi connectivity index (χ1) is 11.1. The number of ether oxygens (including phenoxy) is 1. The van der Waals surface area contributed by atoms with E-state index >= 15 is 0 Å². The highest BCUT2D eigenvalue weighted by Crippen LogP contribution is 2.36. The van der Waals surface area contributed by atoms with E-state index in [4.69, 9.17) is 27.9 Å². The van der Waals surface area contributed by atoms with Crippen molar-refractivity contribution < 1.29 is 31.4 Å². The van der Waals surface area contributed by atoms with Crippen LogP contribution in [-0.4, -0.2) is 20.6 Å². The summed E-state index contributed by atoms with van der Waals surface area (Å²) in [6, 6.07) is 3.32. The molecule has 0 aliphatic heterocycles. The number of benzene rings is 2. The van der Waals surface area contributed by atoms with Gasteiger partial charge < -0.3 is 9.84 Å². The summed E-state index contributed by atoms with van der Waals surface area (Å²) in [5, 5.41) is 7.06. The Labute approximate surface area is 144 Å². The summed E-state index contributed by atoms with van der Waals surface area (Å²) in [5.74, 6) is -5.66. The van der Waals surface area contributed by atoms with E-state index in [-0.39, 0.29) is 11.4 Å². The van der Waals surface area contributed by atoms with Crippen LogP contribution in [0.25, 0.3) is 0 Å². The van der Waals surface area contributed by atoms with Gasteiger partial charge in [-0.2, -0.15) is 0 Å². The van der Waals surface area contributed by atoms with Gasteiger partial charge in [0.25, 0.3) is 10.0 Å². The molecule has 0 saturated carbocycles. The fourth-order valence-corrected chi connectivity index (χ4v) is 3.53. The second-order valence-corrected chi connectivity index (χ2v) is 6.77. The van der Waals surface area contributed by atoms with Gasteiger partial charge in [-0.25, -0.2) is 21.6 Å². The molecule has 0 aliphatic rings. The van der Waals surface area contributed by atoms with Crippen LogP contribution in [-0.2, 0) is 10.0 Å². The average Bonchev–Trinajstić information content (AvgIpc) is 2.50. The molecular formula is C13H8Cl2F3NO4S. The van der Waals surface area contributed by atoms with E-state index in [1.165, 1.54) is 19.2 Å². The molecule has 0 bridgehead atoms. The summed E-state index contributed by atoms with van der Waals surface area (Å²) >= 11 is 10.6. The van der Waals surface area contributed by atoms with Crippen LogP contribution in [0.4, 0.5) is 18.9 Å². The Morgan fingerprint density at radius 2 is 1.62 bits per heavy atom. The van der Waals surface area contributed by atoms with Crippen molar-refractivity contribution in [2.75, 3.05) is 11.8 Å². The third kappa shape index (κ3) is 3.19. The van der Waals surface area contributed by atoms with Crippen molar-refractivity contribution in [3.8, 4) is 11.5 Å². The SMILES string of the molecule is COc1ccc(NS(=O)(=O)c2c(F)c(Cl)c(F)c(Cl)c2F)cc1O. The normalized spacial score (nSPS) is 11.4. The van der Waals surface area contributed by atoms with Crippen LogP contribution >= 0.6 is 23.2 Å². The molecule has 24 heavy (non-hydrogen) atoms. The number of phenols is 1. The first kappa shape index (κ1) is 18.5. The monoisotopic (exact) mass is 401 g/mol. The van der Waals surface area contributed by atoms with E-state index in [1.54, 1.807) is 0 Å². The molecule has 0 atom stereocenters. The lowest BCUT2D eigenvalue weighted by Crippen LogP contribution is -2.17. The second-order valence-electron chi connectivity index (χ2n) is 4.39. The van der Waals surface area contributed by atoms with Gasteiger partial charge in [0.2, 0.25) is 0 Å². The van der Waals surface area contributed by atoms with Gasteiger partial charge >= 0.3 is 0 Å². The molecule has 0 radical (unpaired) electrons. The quantitative estimate of drug-likeness (QED) is 0.601. The van der Waals surface area contributed by atoms with Crippen molar-refractivity contribution in [2.24, 2.45) is 0 Å². The van der Waals surface area contributed by atoms with Crippen molar-refractivity contribution in [1.29, 1.82) is 0 Å². The third-order valence-corrected chi connectivity index (χ3v) is 4.93. The highest BCUT2D eigenvalue weighted by molar-refractivity contribution is 7.92. The van der Waals surface area contributed by atoms with Crippen molar-refractivity contribution in [1.82, 2.24) is 0 Å². The summed E-state index contributed by atoms with van der Waals surface area (Å²) in [7, 11) is -3.59. The fourth-order valence-electron chi connectivity index (χ4n) is 1.78. The van der Waals surface area contributed by atoms with Crippen molar-refractivity contribution >= 4 is 38.9 Å². The molecule has 0 heterocycles. The van der Waals surface area contributed by atoms with E-state index in [2.05, 4.69) is 0 Å². The standard InChI is InChI=1S/C13H8Cl2F3NO4S/c1-23-7-3-2-5(4-6(7)20)19-24(21,22)13-11(17)8(14)10(16)9(15)12(13)18/h2-4,19-20H,1H3. The van der Waals surface area contributed by atoms with Gasteiger partial charge in [-0.3, -0.25) is 4.72 Å². The van der Waals surface area contributed by atoms with Crippen molar-refractivity contribution in [3.05, 3.63) is 45.7 Å². The molecule has 2 rings (SSSR count). The molecule has 5 nitrogen and oxygen atoms in total. The van der Waals surface area contributed by atoms with E-state index in [9.17, 15) is 26.7 Å². The van der Waals surface area contributed by atoms with Gasteiger partial charge in [-0.05, 0) is 12.1 Å². The van der Waals surface area contributed by atoms with Crippen molar-refractivity contribution in [2.45, 2.75) is 4.90 Å². The van der Waals surface area contributed by atoms with Crippen LogP contribution in [0, 0.1) is 17.5 Å². The second kappa shape index (κ2) is 6.58.